The lowest BCUT2D eigenvalue weighted by molar-refractivity contribution is 0.0990. The van der Waals surface area contributed by atoms with Gasteiger partial charge in [-0.1, -0.05) is 65.8 Å². The Morgan fingerprint density at radius 1 is 0.900 bits per heavy atom. The van der Waals surface area contributed by atoms with E-state index in [4.69, 9.17) is 4.63 Å². The van der Waals surface area contributed by atoms with E-state index in [1.807, 2.05) is 48.5 Å². The molecule has 1 aromatic heterocycles. The summed E-state index contributed by atoms with van der Waals surface area (Å²) in [4.78, 5) is 12.2. The number of rotatable bonds is 4. The summed E-state index contributed by atoms with van der Waals surface area (Å²) in [5.74, 6) is -0.00141. The van der Waals surface area contributed by atoms with Gasteiger partial charge in [-0.3, -0.25) is 4.79 Å². The summed E-state index contributed by atoms with van der Waals surface area (Å²) in [6.07, 6.45) is 0.178. The Hall–Kier alpha value is -2.75. The topological polar surface area (TPSA) is 56.0 Å². The van der Waals surface area contributed by atoms with Crippen LogP contribution in [0.1, 0.15) is 16.1 Å². The van der Waals surface area contributed by atoms with E-state index >= 15 is 0 Å². The van der Waals surface area contributed by atoms with Crippen LogP contribution < -0.4 is 0 Å². The highest BCUT2D eigenvalue weighted by Gasteiger charge is 2.16. The molecule has 0 aliphatic heterocycles. The van der Waals surface area contributed by atoms with Gasteiger partial charge < -0.3 is 0 Å². The van der Waals surface area contributed by atoms with Crippen molar-refractivity contribution in [3.63, 3.8) is 0 Å². The third-order valence-corrected chi connectivity index (χ3v) is 3.03. The van der Waals surface area contributed by atoms with Gasteiger partial charge in [-0.15, -0.1) is 0 Å². The highest BCUT2D eigenvalue weighted by molar-refractivity contribution is 5.97. The number of carbonyl (C=O) groups is 1. The second kappa shape index (κ2) is 5.48. The highest BCUT2D eigenvalue weighted by Crippen LogP contribution is 2.21. The van der Waals surface area contributed by atoms with Crippen molar-refractivity contribution in [3.05, 3.63) is 71.9 Å². The van der Waals surface area contributed by atoms with Gasteiger partial charge in [-0.05, 0) is 5.16 Å². The number of hydrogen-bond donors (Lipinski definition) is 0. The predicted octanol–water partition coefficient (Wildman–Crippen LogP) is 3.16. The van der Waals surface area contributed by atoms with Gasteiger partial charge in [-0.2, -0.15) is 0 Å². The molecule has 0 radical (unpaired) electrons. The number of Topliss-reactive ketones (excluding diaryl/α,β-unsaturated/α-hetero) is 1. The van der Waals surface area contributed by atoms with Crippen molar-refractivity contribution in [2.24, 2.45) is 0 Å². The Balaban J connectivity index is 1.86. The first kappa shape index (κ1) is 12.3. The largest absolute Gasteiger partial charge is 0.294 e. The van der Waals surface area contributed by atoms with Crippen molar-refractivity contribution in [3.8, 4) is 11.3 Å². The fraction of sp³-hybridized carbons (Fsp3) is 0.0625. The third-order valence-electron chi connectivity index (χ3n) is 3.03. The molecule has 0 fully saturated rings. The van der Waals surface area contributed by atoms with Gasteiger partial charge in [0.2, 0.25) is 0 Å². The van der Waals surface area contributed by atoms with E-state index in [-0.39, 0.29) is 12.2 Å². The summed E-state index contributed by atoms with van der Waals surface area (Å²) in [6.45, 7) is 0. The second-order valence-corrected chi connectivity index (χ2v) is 4.39. The molecule has 0 N–H and O–H groups in total. The Bertz CT molecular complexity index is 706. The first-order valence-corrected chi connectivity index (χ1v) is 6.29. The maximum Gasteiger partial charge on any atom is 0.169 e. The average Bonchev–Trinajstić information content (AvgIpc) is 2.97. The molecule has 3 aromatic rings. The minimum Gasteiger partial charge on any atom is -0.294 e. The number of aromatic nitrogens is 2. The van der Waals surface area contributed by atoms with E-state index in [0.29, 0.717) is 17.0 Å². The zero-order valence-electron chi connectivity index (χ0n) is 10.7. The van der Waals surface area contributed by atoms with E-state index in [1.165, 1.54) is 0 Å². The van der Waals surface area contributed by atoms with Gasteiger partial charge in [0.15, 0.2) is 5.78 Å². The van der Waals surface area contributed by atoms with Crippen molar-refractivity contribution >= 4 is 5.78 Å². The molecule has 20 heavy (non-hydrogen) atoms. The van der Waals surface area contributed by atoms with Crippen molar-refractivity contribution in [2.75, 3.05) is 0 Å². The molecule has 0 atom stereocenters. The molecule has 0 bridgehead atoms. The SMILES string of the molecule is O=C(Cc1nonc1-c1ccccc1)c1ccccc1. The van der Waals surface area contributed by atoms with Crippen LogP contribution in [0.25, 0.3) is 11.3 Å². The molecule has 0 amide bonds. The van der Waals surface area contributed by atoms with Gasteiger partial charge in [0.05, 0.1) is 6.42 Å². The van der Waals surface area contributed by atoms with Crippen molar-refractivity contribution in [1.82, 2.24) is 10.3 Å². The van der Waals surface area contributed by atoms with E-state index in [0.717, 1.165) is 5.56 Å². The van der Waals surface area contributed by atoms with Crippen LogP contribution in [0.4, 0.5) is 0 Å². The zero-order chi connectivity index (χ0) is 13.8. The molecule has 0 saturated heterocycles. The molecule has 0 spiro atoms. The third kappa shape index (κ3) is 2.49. The number of ketones is 1. The summed E-state index contributed by atoms with van der Waals surface area (Å²) in [6, 6.07) is 18.7. The van der Waals surface area contributed by atoms with Crippen LogP contribution in [-0.2, 0) is 6.42 Å². The van der Waals surface area contributed by atoms with Gasteiger partial charge >= 0.3 is 0 Å². The summed E-state index contributed by atoms with van der Waals surface area (Å²) in [7, 11) is 0. The maximum atomic E-state index is 12.2. The Labute approximate surface area is 116 Å². The van der Waals surface area contributed by atoms with Crippen LogP contribution in [0.2, 0.25) is 0 Å². The van der Waals surface area contributed by atoms with E-state index in [2.05, 4.69) is 10.3 Å². The molecule has 0 aliphatic carbocycles. The summed E-state index contributed by atoms with van der Waals surface area (Å²) in [5, 5.41) is 7.75. The van der Waals surface area contributed by atoms with E-state index < -0.39 is 0 Å². The van der Waals surface area contributed by atoms with Gasteiger partial charge in [0.25, 0.3) is 0 Å². The Morgan fingerprint density at radius 3 is 2.25 bits per heavy atom. The van der Waals surface area contributed by atoms with Gasteiger partial charge in [0, 0.05) is 11.1 Å². The van der Waals surface area contributed by atoms with Crippen LogP contribution >= 0.6 is 0 Å². The fourth-order valence-electron chi connectivity index (χ4n) is 2.02. The minimum atomic E-state index is -0.00141. The monoisotopic (exact) mass is 264 g/mol. The van der Waals surface area contributed by atoms with Crippen LogP contribution in [-0.4, -0.2) is 16.1 Å². The second-order valence-electron chi connectivity index (χ2n) is 4.39. The van der Waals surface area contributed by atoms with Crippen LogP contribution in [0.3, 0.4) is 0 Å². The number of benzene rings is 2. The highest BCUT2D eigenvalue weighted by atomic mass is 16.6. The van der Waals surface area contributed by atoms with Crippen molar-refractivity contribution < 1.29 is 9.42 Å². The molecule has 4 nitrogen and oxygen atoms in total. The molecule has 98 valence electrons. The molecule has 2 aromatic carbocycles. The average molecular weight is 264 g/mol. The normalized spacial score (nSPS) is 10.4. The van der Waals surface area contributed by atoms with Gasteiger partial charge in [0.1, 0.15) is 11.4 Å². The Morgan fingerprint density at radius 2 is 1.55 bits per heavy atom. The molecule has 4 heteroatoms. The minimum absolute atomic E-state index is 0.00141. The molecule has 0 saturated carbocycles. The Kier molecular flexibility index (Phi) is 3.37. The number of carbonyl (C=O) groups excluding carboxylic acids is 1. The van der Waals surface area contributed by atoms with Crippen LogP contribution in [0, 0.1) is 0 Å². The smallest absolute Gasteiger partial charge is 0.169 e. The first-order valence-electron chi connectivity index (χ1n) is 6.29. The predicted molar refractivity (Wildman–Crippen MR) is 74.2 cm³/mol. The van der Waals surface area contributed by atoms with E-state index in [9.17, 15) is 4.79 Å². The van der Waals surface area contributed by atoms with Crippen molar-refractivity contribution in [1.29, 1.82) is 0 Å². The number of nitrogens with zero attached hydrogens (tertiary/aromatic N) is 2. The molecular formula is C16H12N2O2. The molecule has 1 heterocycles. The number of hydrogen-bond acceptors (Lipinski definition) is 4. The van der Waals surface area contributed by atoms with Crippen molar-refractivity contribution in [2.45, 2.75) is 6.42 Å². The van der Waals surface area contributed by atoms with Crippen LogP contribution in [0.5, 0.6) is 0 Å². The first-order chi connectivity index (χ1) is 9.84. The van der Waals surface area contributed by atoms with E-state index in [1.54, 1.807) is 12.1 Å². The maximum absolute atomic E-state index is 12.2. The lowest BCUT2D eigenvalue weighted by Gasteiger charge is -2.00. The quantitative estimate of drug-likeness (QED) is 0.679. The fourth-order valence-corrected chi connectivity index (χ4v) is 2.02. The molecule has 3 rings (SSSR count). The summed E-state index contributed by atoms with van der Waals surface area (Å²) >= 11 is 0. The molecule has 0 aliphatic rings. The van der Waals surface area contributed by atoms with Gasteiger partial charge in [-0.25, -0.2) is 4.63 Å². The standard InChI is InChI=1S/C16H12N2O2/c19-15(12-7-3-1-4-8-12)11-14-16(18-20-17-14)13-9-5-2-6-10-13/h1-10H,11H2. The molecular weight excluding hydrogens is 252 g/mol. The summed E-state index contributed by atoms with van der Waals surface area (Å²) in [5.41, 5.74) is 2.74. The lowest BCUT2D eigenvalue weighted by Crippen LogP contribution is -2.04. The molecule has 0 unspecified atom stereocenters. The zero-order valence-corrected chi connectivity index (χ0v) is 10.7. The lowest BCUT2D eigenvalue weighted by atomic mass is 10.0. The summed E-state index contributed by atoms with van der Waals surface area (Å²) < 4.78 is 4.78. The van der Waals surface area contributed by atoms with Crippen LogP contribution in [0.15, 0.2) is 65.3 Å².